The maximum atomic E-state index is 12.5. The SMILES string of the molecule is Cc1ccc(-c2nc(CN3CCCN(C(=O)c4ccco4)CC3)c(C)o2)o1. The van der Waals surface area contributed by atoms with Crippen LogP contribution in [0, 0.1) is 13.8 Å². The van der Waals surface area contributed by atoms with Crippen LogP contribution >= 0.6 is 0 Å². The van der Waals surface area contributed by atoms with Gasteiger partial charge in [-0.05, 0) is 44.5 Å². The van der Waals surface area contributed by atoms with Gasteiger partial charge < -0.3 is 18.2 Å². The molecule has 0 atom stereocenters. The smallest absolute Gasteiger partial charge is 0.289 e. The van der Waals surface area contributed by atoms with Gasteiger partial charge >= 0.3 is 0 Å². The molecule has 1 amide bonds. The van der Waals surface area contributed by atoms with E-state index in [2.05, 4.69) is 9.88 Å². The Balaban J connectivity index is 1.40. The third-order valence-electron chi connectivity index (χ3n) is 4.82. The van der Waals surface area contributed by atoms with E-state index in [4.69, 9.17) is 13.3 Å². The maximum Gasteiger partial charge on any atom is 0.289 e. The molecule has 4 rings (SSSR count). The predicted octanol–water partition coefficient (Wildman–Crippen LogP) is 3.49. The average molecular weight is 369 g/mol. The van der Waals surface area contributed by atoms with E-state index in [1.807, 2.05) is 30.9 Å². The van der Waals surface area contributed by atoms with Crippen molar-refractivity contribution in [1.29, 1.82) is 0 Å². The molecule has 1 aliphatic heterocycles. The maximum absolute atomic E-state index is 12.5. The summed E-state index contributed by atoms with van der Waals surface area (Å²) in [5.41, 5.74) is 0.907. The molecule has 0 spiro atoms. The molecule has 0 N–H and O–H groups in total. The molecule has 0 unspecified atom stereocenters. The van der Waals surface area contributed by atoms with Crippen molar-refractivity contribution in [3.05, 3.63) is 53.5 Å². The lowest BCUT2D eigenvalue weighted by Crippen LogP contribution is -2.35. The van der Waals surface area contributed by atoms with E-state index >= 15 is 0 Å². The van der Waals surface area contributed by atoms with E-state index in [0.29, 0.717) is 30.5 Å². The summed E-state index contributed by atoms with van der Waals surface area (Å²) in [7, 11) is 0. The fourth-order valence-corrected chi connectivity index (χ4v) is 3.33. The number of nitrogens with zero attached hydrogens (tertiary/aromatic N) is 3. The van der Waals surface area contributed by atoms with Crippen LogP contribution in [0.2, 0.25) is 0 Å². The van der Waals surface area contributed by atoms with E-state index in [9.17, 15) is 4.79 Å². The summed E-state index contributed by atoms with van der Waals surface area (Å²) in [4.78, 5) is 21.2. The largest absolute Gasteiger partial charge is 0.459 e. The van der Waals surface area contributed by atoms with Gasteiger partial charge in [0.1, 0.15) is 11.5 Å². The summed E-state index contributed by atoms with van der Waals surface area (Å²) < 4.78 is 16.6. The van der Waals surface area contributed by atoms with Crippen LogP contribution in [0.5, 0.6) is 0 Å². The monoisotopic (exact) mass is 369 g/mol. The summed E-state index contributed by atoms with van der Waals surface area (Å²) in [6.45, 7) is 7.60. The van der Waals surface area contributed by atoms with Gasteiger partial charge in [-0.3, -0.25) is 9.69 Å². The van der Waals surface area contributed by atoms with Crippen LogP contribution in [0.25, 0.3) is 11.7 Å². The van der Waals surface area contributed by atoms with Gasteiger partial charge in [-0.15, -0.1) is 0 Å². The summed E-state index contributed by atoms with van der Waals surface area (Å²) in [6.07, 6.45) is 2.44. The number of aryl methyl sites for hydroxylation is 2. The van der Waals surface area contributed by atoms with Gasteiger partial charge in [0.15, 0.2) is 11.5 Å². The highest BCUT2D eigenvalue weighted by Gasteiger charge is 2.23. The van der Waals surface area contributed by atoms with Crippen LogP contribution in [-0.2, 0) is 6.54 Å². The minimum Gasteiger partial charge on any atom is -0.459 e. The molecule has 27 heavy (non-hydrogen) atoms. The Morgan fingerprint density at radius 2 is 2.00 bits per heavy atom. The highest BCUT2D eigenvalue weighted by atomic mass is 16.4. The molecule has 7 nitrogen and oxygen atoms in total. The van der Waals surface area contributed by atoms with Gasteiger partial charge in [-0.1, -0.05) is 0 Å². The van der Waals surface area contributed by atoms with E-state index in [1.165, 1.54) is 6.26 Å². The molecule has 0 radical (unpaired) electrons. The van der Waals surface area contributed by atoms with Crippen LogP contribution in [0.1, 0.15) is 34.2 Å². The molecule has 1 fully saturated rings. The van der Waals surface area contributed by atoms with Gasteiger partial charge in [0.05, 0.1) is 12.0 Å². The van der Waals surface area contributed by atoms with Gasteiger partial charge in [0.2, 0.25) is 0 Å². The van der Waals surface area contributed by atoms with E-state index in [1.54, 1.807) is 12.1 Å². The average Bonchev–Trinajstić information content (AvgIpc) is 3.36. The Bertz CT molecular complexity index is 910. The van der Waals surface area contributed by atoms with E-state index in [-0.39, 0.29) is 5.91 Å². The molecule has 7 heteroatoms. The first-order chi connectivity index (χ1) is 13.1. The number of hydrogen-bond acceptors (Lipinski definition) is 6. The van der Waals surface area contributed by atoms with E-state index in [0.717, 1.165) is 43.3 Å². The number of hydrogen-bond donors (Lipinski definition) is 0. The van der Waals surface area contributed by atoms with Crippen molar-refractivity contribution in [2.75, 3.05) is 26.2 Å². The number of furan rings is 2. The highest BCUT2D eigenvalue weighted by Crippen LogP contribution is 2.24. The summed E-state index contributed by atoms with van der Waals surface area (Å²) in [5, 5.41) is 0. The number of rotatable bonds is 4. The number of carbonyl (C=O) groups is 1. The minimum absolute atomic E-state index is 0.0463. The number of amides is 1. The first kappa shape index (κ1) is 17.6. The molecule has 1 saturated heterocycles. The molecule has 0 saturated carbocycles. The van der Waals surface area contributed by atoms with Crippen LogP contribution in [-0.4, -0.2) is 46.9 Å². The second-order valence-electron chi connectivity index (χ2n) is 6.83. The molecule has 3 aromatic rings. The van der Waals surface area contributed by atoms with Crippen molar-refractivity contribution >= 4 is 5.91 Å². The van der Waals surface area contributed by atoms with Crippen LogP contribution < -0.4 is 0 Å². The summed E-state index contributed by atoms with van der Waals surface area (Å²) >= 11 is 0. The predicted molar refractivity (Wildman–Crippen MR) is 98.2 cm³/mol. The first-order valence-electron chi connectivity index (χ1n) is 9.18. The van der Waals surface area contributed by atoms with Crippen LogP contribution in [0.15, 0.2) is 43.8 Å². The third-order valence-corrected chi connectivity index (χ3v) is 4.82. The zero-order valence-corrected chi connectivity index (χ0v) is 15.6. The normalized spacial score (nSPS) is 15.9. The lowest BCUT2D eigenvalue weighted by atomic mass is 10.3. The van der Waals surface area contributed by atoms with Crippen molar-refractivity contribution < 1.29 is 18.0 Å². The lowest BCUT2D eigenvalue weighted by molar-refractivity contribution is 0.0729. The molecule has 0 bridgehead atoms. The second kappa shape index (κ2) is 7.44. The fourth-order valence-electron chi connectivity index (χ4n) is 3.33. The van der Waals surface area contributed by atoms with Crippen LogP contribution in [0.4, 0.5) is 0 Å². The lowest BCUT2D eigenvalue weighted by Gasteiger charge is -2.20. The molecule has 142 valence electrons. The zero-order valence-electron chi connectivity index (χ0n) is 15.6. The Morgan fingerprint density at radius 3 is 2.74 bits per heavy atom. The fraction of sp³-hybridized carbons (Fsp3) is 0.400. The highest BCUT2D eigenvalue weighted by molar-refractivity contribution is 5.91. The van der Waals surface area contributed by atoms with Gasteiger partial charge in [0.25, 0.3) is 11.8 Å². The van der Waals surface area contributed by atoms with Gasteiger partial charge in [-0.2, -0.15) is 0 Å². The third kappa shape index (κ3) is 3.83. The number of carbonyl (C=O) groups excluding carboxylic acids is 1. The van der Waals surface area contributed by atoms with Crippen molar-refractivity contribution in [3.63, 3.8) is 0 Å². The van der Waals surface area contributed by atoms with Crippen molar-refractivity contribution in [3.8, 4) is 11.7 Å². The minimum atomic E-state index is -0.0463. The number of oxazole rings is 1. The molecule has 3 aromatic heterocycles. The molecule has 0 aliphatic carbocycles. The van der Waals surface area contributed by atoms with Crippen molar-refractivity contribution in [1.82, 2.24) is 14.8 Å². The molecule has 1 aliphatic rings. The topological polar surface area (TPSA) is 75.9 Å². The van der Waals surface area contributed by atoms with Crippen molar-refractivity contribution in [2.45, 2.75) is 26.8 Å². The summed E-state index contributed by atoms with van der Waals surface area (Å²) in [6, 6.07) is 7.22. The Kier molecular flexibility index (Phi) is 4.85. The molecular formula is C20H23N3O4. The molecular weight excluding hydrogens is 346 g/mol. The van der Waals surface area contributed by atoms with Crippen LogP contribution in [0.3, 0.4) is 0 Å². The molecule has 0 aromatic carbocycles. The molecule has 4 heterocycles. The standard InChI is InChI=1S/C20H23N3O4/c1-14-6-7-17(26-14)19-21-16(15(2)27-19)13-22-8-4-9-23(11-10-22)20(24)18-5-3-12-25-18/h3,5-7,12H,4,8-11,13H2,1-2H3. The van der Waals surface area contributed by atoms with Gasteiger partial charge in [-0.25, -0.2) is 4.98 Å². The Morgan fingerprint density at radius 1 is 1.11 bits per heavy atom. The number of aromatic nitrogens is 1. The Labute approximate surface area is 157 Å². The van der Waals surface area contributed by atoms with Crippen molar-refractivity contribution in [2.24, 2.45) is 0 Å². The quantitative estimate of drug-likeness (QED) is 0.701. The summed E-state index contributed by atoms with van der Waals surface area (Å²) in [5.74, 6) is 3.14. The van der Waals surface area contributed by atoms with Gasteiger partial charge in [0, 0.05) is 32.7 Å². The van der Waals surface area contributed by atoms with E-state index < -0.39 is 0 Å². The first-order valence-corrected chi connectivity index (χ1v) is 9.18. The zero-order chi connectivity index (χ0) is 18.8. The Hall–Kier alpha value is -2.80. The second-order valence-corrected chi connectivity index (χ2v) is 6.83.